The number of carbonyl (C=O) groups is 2. The van der Waals surface area contributed by atoms with Crippen LogP contribution >= 0.6 is 0 Å². The van der Waals surface area contributed by atoms with Crippen LogP contribution in [0.3, 0.4) is 0 Å². The molecule has 114 valence electrons. The standard InChI is InChI=1S/C17H22O4/c1-3-21-16(19)12-17(10-5-4-9-15(17)18)13-7-6-8-14(11-13)20-2/h6-8,11H,3-5,9-10,12H2,1-2H3. The quantitative estimate of drug-likeness (QED) is 0.782. The zero-order valence-corrected chi connectivity index (χ0v) is 12.7. The van der Waals surface area contributed by atoms with Crippen molar-refractivity contribution in [3.8, 4) is 5.75 Å². The average Bonchev–Trinajstić information content (AvgIpc) is 2.50. The van der Waals surface area contributed by atoms with Crippen molar-refractivity contribution in [3.05, 3.63) is 29.8 Å². The predicted molar refractivity (Wildman–Crippen MR) is 79.4 cm³/mol. The summed E-state index contributed by atoms with van der Waals surface area (Å²) in [6.45, 7) is 2.11. The van der Waals surface area contributed by atoms with Gasteiger partial charge in [0.15, 0.2) is 0 Å². The van der Waals surface area contributed by atoms with E-state index >= 15 is 0 Å². The maximum Gasteiger partial charge on any atom is 0.307 e. The smallest absolute Gasteiger partial charge is 0.307 e. The van der Waals surface area contributed by atoms with E-state index in [1.807, 2.05) is 24.3 Å². The van der Waals surface area contributed by atoms with Crippen molar-refractivity contribution >= 4 is 11.8 Å². The molecule has 0 bridgehead atoms. The topological polar surface area (TPSA) is 52.6 Å². The van der Waals surface area contributed by atoms with Gasteiger partial charge in [-0.05, 0) is 37.5 Å². The molecule has 1 saturated carbocycles. The largest absolute Gasteiger partial charge is 0.497 e. The molecule has 1 aliphatic rings. The first-order valence-electron chi connectivity index (χ1n) is 7.46. The number of Topliss-reactive ketones (excluding diaryl/α,β-unsaturated/α-hetero) is 1. The fourth-order valence-corrected chi connectivity index (χ4v) is 3.06. The van der Waals surface area contributed by atoms with E-state index in [1.54, 1.807) is 14.0 Å². The van der Waals surface area contributed by atoms with E-state index in [0.717, 1.165) is 18.4 Å². The molecule has 0 amide bonds. The second-order valence-electron chi connectivity index (χ2n) is 5.43. The highest BCUT2D eigenvalue weighted by molar-refractivity contribution is 5.94. The molecule has 1 aliphatic carbocycles. The lowest BCUT2D eigenvalue weighted by Crippen LogP contribution is -2.41. The van der Waals surface area contributed by atoms with E-state index in [1.165, 1.54) is 0 Å². The lowest BCUT2D eigenvalue weighted by Gasteiger charge is -2.35. The van der Waals surface area contributed by atoms with Gasteiger partial charge < -0.3 is 9.47 Å². The summed E-state index contributed by atoms with van der Waals surface area (Å²) in [7, 11) is 1.60. The van der Waals surface area contributed by atoms with Crippen LogP contribution in [0.2, 0.25) is 0 Å². The van der Waals surface area contributed by atoms with Crippen LogP contribution in [0.25, 0.3) is 0 Å². The molecule has 0 radical (unpaired) electrons. The summed E-state index contributed by atoms with van der Waals surface area (Å²) in [6.07, 6.45) is 3.18. The van der Waals surface area contributed by atoms with Gasteiger partial charge in [0.1, 0.15) is 11.5 Å². The molecule has 21 heavy (non-hydrogen) atoms. The molecule has 1 aromatic carbocycles. The zero-order valence-electron chi connectivity index (χ0n) is 12.7. The van der Waals surface area contributed by atoms with Gasteiger partial charge in [0.05, 0.1) is 25.6 Å². The SMILES string of the molecule is CCOC(=O)CC1(c2cccc(OC)c2)CCCCC1=O. The van der Waals surface area contributed by atoms with Crippen LogP contribution in [0.1, 0.15) is 44.6 Å². The van der Waals surface area contributed by atoms with Crippen molar-refractivity contribution in [1.82, 2.24) is 0 Å². The van der Waals surface area contributed by atoms with Crippen molar-refractivity contribution in [2.75, 3.05) is 13.7 Å². The lowest BCUT2D eigenvalue weighted by molar-refractivity contribution is -0.147. The molecule has 0 spiro atoms. The molecule has 0 N–H and O–H groups in total. The monoisotopic (exact) mass is 290 g/mol. The summed E-state index contributed by atoms with van der Waals surface area (Å²) in [5, 5.41) is 0. The summed E-state index contributed by atoms with van der Waals surface area (Å²) in [5.74, 6) is 0.528. The van der Waals surface area contributed by atoms with Gasteiger partial charge in [-0.25, -0.2) is 0 Å². The van der Waals surface area contributed by atoms with Crippen molar-refractivity contribution in [2.24, 2.45) is 0 Å². The van der Waals surface area contributed by atoms with Crippen LogP contribution in [0.4, 0.5) is 0 Å². The number of esters is 1. The Labute approximate surface area is 125 Å². The maximum atomic E-state index is 12.6. The van der Waals surface area contributed by atoms with Crippen molar-refractivity contribution in [1.29, 1.82) is 0 Å². The number of hydrogen-bond donors (Lipinski definition) is 0. The maximum absolute atomic E-state index is 12.6. The Morgan fingerprint density at radius 1 is 1.33 bits per heavy atom. The molecule has 4 nitrogen and oxygen atoms in total. The molecule has 1 atom stereocenters. The fraction of sp³-hybridized carbons (Fsp3) is 0.529. The predicted octanol–water partition coefficient (Wildman–Crippen LogP) is 3.03. The molecule has 2 rings (SSSR count). The molecule has 0 aromatic heterocycles. The zero-order chi connectivity index (χ0) is 15.3. The molecular weight excluding hydrogens is 268 g/mol. The first kappa shape index (κ1) is 15.5. The second-order valence-corrected chi connectivity index (χ2v) is 5.43. The van der Waals surface area contributed by atoms with Gasteiger partial charge in [-0.2, -0.15) is 0 Å². The minimum Gasteiger partial charge on any atom is -0.497 e. The third kappa shape index (κ3) is 3.26. The van der Waals surface area contributed by atoms with Crippen LogP contribution in [-0.4, -0.2) is 25.5 Å². The Hall–Kier alpha value is -1.84. The minimum absolute atomic E-state index is 0.118. The van der Waals surface area contributed by atoms with E-state index in [9.17, 15) is 9.59 Å². The number of carbonyl (C=O) groups excluding carboxylic acids is 2. The number of methoxy groups -OCH3 is 1. The van der Waals surface area contributed by atoms with Gasteiger partial charge in [-0.15, -0.1) is 0 Å². The summed E-state index contributed by atoms with van der Waals surface area (Å²) >= 11 is 0. The Morgan fingerprint density at radius 3 is 2.81 bits per heavy atom. The molecule has 1 aromatic rings. The van der Waals surface area contributed by atoms with Crippen LogP contribution < -0.4 is 4.74 Å². The van der Waals surface area contributed by atoms with Gasteiger partial charge in [0, 0.05) is 6.42 Å². The third-order valence-corrected chi connectivity index (χ3v) is 4.16. The number of ketones is 1. The normalized spacial score (nSPS) is 21.9. The summed E-state index contributed by atoms with van der Waals surface area (Å²) in [6, 6.07) is 7.48. The van der Waals surface area contributed by atoms with E-state index in [2.05, 4.69) is 0 Å². The second kappa shape index (κ2) is 6.74. The first-order valence-corrected chi connectivity index (χ1v) is 7.46. The molecular formula is C17H22O4. The Balaban J connectivity index is 2.39. The van der Waals surface area contributed by atoms with Gasteiger partial charge in [-0.3, -0.25) is 9.59 Å². The van der Waals surface area contributed by atoms with Crippen LogP contribution in [0.15, 0.2) is 24.3 Å². The summed E-state index contributed by atoms with van der Waals surface area (Å²) in [5.41, 5.74) is 0.110. The van der Waals surface area contributed by atoms with Crippen molar-refractivity contribution in [3.63, 3.8) is 0 Å². The van der Waals surface area contributed by atoms with E-state index < -0.39 is 5.41 Å². The van der Waals surface area contributed by atoms with Gasteiger partial charge in [0.2, 0.25) is 0 Å². The molecule has 1 unspecified atom stereocenters. The highest BCUT2D eigenvalue weighted by atomic mass is 16.5. The molecule has 4 heteroatoms. The first-order chi connectivity index (χ1) is 10.1. The number of hydrogen-bond acceptors (Lipinski definition) is 4. The summed E-state index contributed by atoms with van der Waals surface area (Å²) < 4.78 is 10.3. The molecule has 1 fully saturated rings. The lowest BCUT2D eigenvalue weighted by atomic mass is 9.66. The highest BCUT2D eigenvalue weighted by Crippen LogP contribution is 2.41. The van der Waals surface area contributed by atoms with Crippen LogP contribution in [-0.2, 0) is 19.7 Å². The number of rotatable bonds is 5. The Morgan fingerprint density at radius 2 is 2.14 bits per heavy atom. The van der Waals surface area contributed by atoms with Gasteiger partial charge in [-0.1, -0.05) is 18.6 Å². The van der Waals surface area contributed by atoms with Crippen LogP contribution in [0.5, 0.6) is 5.75 Å². The van der Waals surface area contributed by atoms with Crippen molar-refractivity contribution < 1.29 is 19.1 Å². The van der Waals surface area contributed by atoms with Gasteiger partial charge >= 0.3 is 5.97 Å². The molecule has 0 saturated heterocycles. The third-order valence-electron chi connectivity index (χ3n) is 4.16. The molecule has 0 aliphatic heterocycles. The molecule has 0 heterocycles. The van der Waals surface area contributed by atoms with E-state index in [4.69, 9.17) is 9.47 Å². The average molecular weight is 290 g/mol. The van der Waals surface area contributed by atoms with Crippen molar-refractivity contribution in [2.45, 2.75) is 44.4 Å². The van der Waals surface area contributed by atoms with Crippen LogP contribution in [0, 0.1) is 0 Å². The number of ether oxygens (including phenoxy) is 2. The van der Waals surface area contributed by atoms with E-state index in [-0.39, 0.29) is 18.2 Å². The van der Waals surface area contributed by atoms with Gasteiger partial charge in [0.25, 0.3) is 0 Å². The summed E-state index contributed by atoms with van der Waals surface area (Å²) in [4.78, 5) is 24.6. The fourth-order valence-electron chi connectivity index (χ4n) is 3.06. The number of benzene rings is 1. The highest BCUT2D eigenvalue weighted by Gasteiger charge is 2.43. The Kier molecular flexibility index (Phi) is 4.99. The van der Waals surface area contributed by atoms with E-state index in [0.29, 0.717) is 25.2 Å². The Bertz CT molecular complexity index is 523. The minimum atomic E-state index is -0.751.